The number of aromatic nitrogens is 1. The van der Waals surface area contributed by atoms with Gasteiger partial charge in [0.2, 0.25) is 0 Å². The molecule has 0 aliphatic heterocycles. The monoisotopic (exact) mass is 384 g/mol. The summed E-state index contributed by atoms with van der Waals surface area (Å²) in [5.74, 6) is 1.36. The highest BCUT2D eigenvalue weighted by molar-refractivity contribution is 9.10. The Morgan fingerprint density at radius 1 is 1.33 bits per heavy atom. The number of ether oxygens (including phenoxy) is 1. The molecule has 0 fully saturated rings. The first-order chi connectivity index (χ1) is 10.2. The first-order valence-electron chi connectivity index (χ1n) is 5.99. The zero-order chi connectivity index (χ0) is 14.8. The summed E-state index contributed by atoms with van der Waals surface area (Å²) < 4.78 is 14.7. The van der Waals surface area contributed by atoms with Crippen molar-refractivity contribution in [3.05, 3.63) is 45.9 Å². The molecule has 3 rings (SSSR count). The summed E-state index contributed by atoms with van der Waals surface area (Å²) >= 11 is 11.0. The lowest BCUT2D eigenvalue weighted by atomic mass is 10.2. The minimum Gasteiger partial charge on any atom is -0.496 e. The zero-order valence-electron chi connectivity index (χ0n) is 10.9. The minimum atomic E-state index is 0.586. The van der Waals surface area contributed by atoms with E-state index in [0.717, 1.165) is 20.5 Å². The van der Waals surface area contributed by atoms with Gasteiger partial charge in [0, 0.05) is 4.47 Å². The third-order valence-electron chi connectivity index (χ3n) is 2.83. The summed E-state index contributed by atoms with van der Waals surface area (Å²) in [5, 5.41) is 5.37. The lowest BCUT2D eigenvalue weighted by Gasteiger charge is -2.08. The fourth-order valence-electron chi connectivity index (χ4n) is 1.85. The number of benzene rings is 2. The number of hydrogen-bond donors (Lipinski definition) is 1. The van der Waals surface area contributed by atoms with Crippen LogP contribution < -0.4 is 9.46 Å². The molecule has 0 atom stereocenters. The van der Waals surface area contributed by atoms with E-state index in [2.05, 4.69) is 25.8 Å². The lowest BCUT2D eigenvalue weighted by molar-refractivity contribution is 0.404. The number of halogens is 2. The first-order valence-corrected chi connectivity index (χ1v) is 7.98. The molecule has 0 saturated carbocycles. The fourth-order valence-corrected chi connectivity index (χ4v) is 3.41. The maximum atomic E-state index is 6.19. The number of hydrogen-bond acceptors (Lipinski definition) is 5. The van der Waals surface area contributed by atoms with Crippen molar-refractivity contribution in [2.75, 3.05) is 11.8 Å². The van der Waals surface area contributed by atoms with Crippen LogP contribution in [0, 0.1) is 0 Å². The van der Waals surface area contributed by atoms with Gasteiger partial charge in [0.25, 0.3) is 0 Å². The Balaban J connectivity index is 1.89. The highest BCUT2D eigenvalue weighted by atomic mass is 79.9. The van der Waals surface area contributed by atoms with Gasteiger partial charge >= 0.3 is 0 Å². The van der Waals surface area contributed by atoms with E-state index >= 15 is 0 Å². The molecule has 7 heteroatoms. The van der Waals surface area contributed by atoms with Crippen LogP contribution in [0.5, 0.6) is 5.75 Å². The summed E-state index contributed by atoms with van der Waals surface area (Å²) in [5.41, 5.74) is 0.645. The van der Waals surface area contributed by atoms with E-state index in [1.807, 2.05) is 30.3 Å². The van der Waals surface area contributed by atoms with Crippen LogP contribution in [0.4, 0.5) is 5.82 Å². The molecule has 108 valence electrons. The maximum absolute atomic E-state index is 6.19. The Bertz CT molecular complexity index is 794. The van der Waals surface area contributed by atoms with Gasteiger partial charge in [-0.05, 0) is 42.3 Å². The second-order valence-corrected chi connectivity index (χ2v) is 6.31. The molecule has 0 aliphatic carbocycles. The second kappa shape index (κ2) is 6.17. The third kappa shape index (κ3) is 2.97. The van der Waals surface area contributed by atoms with Gasteiger partial charge in [-0.3, -0.25) is 0 Å². The van der Waals surface area contributed by atoms with Crippen molar-refractivity contribution in [2.45, 2.75) is 4.90 Å². The van der Waals surface area contributed by atoms with Gasteiger partial charge in [-0.15, -0.1) is 0 Å². The summed E-state index contributed by atoms with van der Waals surface area (Å²) in [6.07, 6.45) is 0. The summed E-state index contributed by atoms with van der Waals surface area (Å²) in [4.78, 5) is 0.926. The van der Waals surface area contributed by atoms with Gasteiger partial charge in [-0.1, -0.05) is 38.8 Å². The summed E-state index contributed by atoms with van der Waals surface area (Å²) in [7, 11) is 1.63. The van der Waals surface area contributed by atoms with E-state index in [0.29, 0.717) is 16.4 Å². The van der Waals surface area contributed by atoms with Gasteiger partial charge in [0.15, 0.2) is 11.4 Å². The van der Waals surface area contributed by atoms with E-state index in [-0.39, 0.29) is 0 Å². The summed E-state index contributed by atoms with van der Waals surface area (Å²) in [6.45, 7) is 0. The molecule has 1 N–H and O–H groups in total. The van der Waals surface area contributed by atoms with Gasteiger partial charge in [0.05, 0.1) is 22.4 Å². The van der Waals surface area contributed by atoms with Gasteiger partial charge in [0.1, 0.15) is 5.75 Å². The fraction of sp³-hybridized carbons (Fsp3) is 0.0714. The van der Waals surface area contributed by atoms with Crippen LogP contribution in [0.25, 0.3) is 11.0 Å². The van der Waals surface area contributed by atoms with E-state index < -0.39 is 0 Å². The average molecular weight is 386 g/mol. The number of fused-ring (bicyclic) bond motifs is 1. The van der Waals surface area contributed by atoms with E-state index in [9.17, 15) is 0 Å². The number of rotatable bonds is 4. The Hall–Kier alpha value is -1.37. The summed E-state index contributed by atoms with van der Waals surface area (Å²) in [6, 6.07) is 11.2. The molecule has 21 heavy (non-hydrogen) atoms. The molecule has 0 saturated heterocycles. The molecule has 0 radical (unpaired) electrons. The molecule has 0 amide bonds. The van der Waals surface area contributed by atoms with Crippen LogP contribution in [-0.2, 0) is 0 Å². The van der Waals surface area contributed by atoms with Crippen LogP contribution in [0.2, 0.25) is 5.02 Å². The Labute approximate surface area is 139 Å². The Morgan fingerprint density at radius 3 is 3.00 bits per heavy atom. The molecule has 4 nitrogen and oxygen atoms in total. The normalized spacial score (nSPS) is 10.8. The second-order valence-electron chi connectivity index (χ2n) is 4.14. The van der Waals surface area contributed by atoms with Crippen molar-refractivity contribution in [1.29, 1.82) is 0 Å². The van der Waals surface area contributed by atoms with Crippen LogP contribution in [0.1, 0.15) is 0 Å². The van der Waals surface area contributed by atoms with Gasteiger partial charge in [-0.25, -0.2) is 0 Å². The topological polar surface area (TPSA) is 47.3 Å². The van der Waals surface area contributed by atoms with Crippen molar-refractivity contribution in [2.24, 2.45) is 0 Å². The van der Waals surface area contributed by atoms with Gasteiger partial charge < -0.3 is 14.0 Å². The lowest BCUT2D eigenvalue weighted by Crippen LogP contribution is -1.91. The zero-order valence-corrected chi connectivity index (χ0v) is 14.1. The number of anilines is 1. The largest absolute Gasteiger partial charge is 0.496 e. The van der Waals surface area contributed by atoms with E-state index in [1.165, 1.54) is 11.9 Å². The molecule has 1 aromatic heterocycles. The molecule has 2 aromatic carbocycles. The Morgan fingerprint density at radius 2 is 2.19 bits per heavy atom. The van der Waals surface area contributed by atoms with Crippen LogP contribution in [0.3, 0.4) is 0 Å². The first kappa shape index (κ1) is 14.6. The highest BCUT2D eigenvalue weighted by Gasteiger charge is 2.13. The van der Waals surface area contributed by atoms with Crippen LogP contribution >= 0.6 is 39.5 Å². The predicted octanol–water partition coefficient (Wildman–Crippen LogP) is 5.37. The molecule has 1 heterocycles. The maximum Gasteiger partial charge on any atom is 0.189 e. The molecule has 0 aliphatic rings. The van der Waals surface area contributed by atoms with Crippen LogP contribution in [-0.4, -0.2) is 12.3 Å². The smallest absolute Gasteiger partial charge is 0.189 e. The molecular formula is C14H10BrClN2O2S. The quantitative estimate of drug-likeness (QED) is 0.612. The number of methoxy groups -OCH3 is 1. The predicted molar refractivity (Wildman–Crippen MR) is 89.2 cm³/mol. The van der Waals surface area contributed by atoms with Crippen LogP contribution in [0.15, 0.2) is 50.3 Å². The SMILES string of the molecule is COc1ccc(Br)cc1SNc1noc2cccc(Cl)c12. The van der Waals surface area contributed by atoms with Crippen molar-refractivity contribution >= 4 is 56.3 Å². The molecule has 0 bridgehead atoms. The van der Waals surface area contributed by atoms with Gasteiger partial charge in [-0.2, -0.15) is 0 Å². The molecule has 3 aromatic rings. The standard InChI is InChI=1S/C14H10BrClN2O2S/c1-19-10-6-5-8(15)7-12(10)21-18-14-13-9(16)3-2-4-11(13)20-17-14/h2-7H,1H3,(H,17,18). The molecule has 0 unspecified atom stereocenters. The van der Waals surface area contributed by atoms with Crippen molar-refractivity contribution in [3.63, 3.8) is 0 Å². The average Bonchev–Trinajstić information content (AvgIpc) is 2.90. The van der Waals surface area contributed by atoms with Crippen molar-refractivity contribution in [1.82, 2.24) is 5.16 Å². The van der Waals surface area contributed by atoms with Crippen molar-refractivity contribution < 1.29 is 9.26 Å². The van der Waals surface area contributed by atoms with E-state index in [4.69, 9.17) is 20.9 Å². The number of nitrogens with zero attached hydrogens (tertiary/aromatic N) is 1. The van der Waals surface area contributed by atoms with E-state index in [1.54, 1.807) is 13.2 Å². The van der Waals surface area contributed by atoms with Crippen molar-refractivity contribution in [3.8, 4) is 5.75 Å². The highest BCUT2D eigenvalue weighted by Crippen LogP contribution is 2.36. The number of nitrogens with one attached hydrogen (secondary N) is 1. The Kier molecular flexibility index (Phi) is 4.28. The molecular weight excluding hydrogens is 376 g/mol. The minimum absolute atomic E-state index is 0.586. The third-order valence-corrected chi connectivity index (χ3v) is 4.47. The molecule has 0 spiro atoms.